The molecule has 0 amide bonds. The monoisotopic (exact) mass is 620 g/mol. The number of ether oxygens (including phenoxy) is 3. The van der Waals surface area contributed by atoms with E-state index in [0.717, 1.165) is 18.6 Å². The summed E-state index contributed by atoms with van der Waals surface area (Å²) in [5.41, 5.74) is 1.71. The van der Waals surface area contributed by atoms with Crippen LogP contribution in [0.5, 0.6) is 11.5 Å². The fraction of sp³-hybridized carbons (Fsp3) is 0.212. The molecule has 1 unspecified atom stereocenters. The molecule has 3 heterocycles. The molecule has 1 fully saturated rings. The van der Waals surface area contributed by atoms with Gasteiger partial charge < -0.3 is 23.9 Å². The van der Waals surface area contributed by atoms with Crippen molar-refractivity contribution >= 4 is 28.6 Å². The molecule has 0 saturated carbocycles. The predicted molar refractivity (Wildman–Crippen MR) is 156 cm³/mol. The van der Waals surface area contributed by atoms with Gasteiger partial charge in [-0.2, -0.15) is 0 Å². The molecule has 7 rings (SSSR count). The number of benzene rings is 4. The van der Waals surface area contributed by atoms with Gasteiger partial charge in [-0.15, -0.1) is 0 Å². The molecule has 2 aliphatic heterocycles. The van der Waals surface area contributed by atoms with E-state index < -0.39 is 29.5 Å². The lowest BCUT2D eigenvalue weighted by atomic mass is 9.99. The van der Waals surface area contributed by atoms with Crippen molar-refractivity contribution in [3.63, 3.8) is 0 Å². The summed E-state index contributed by atoms with van der Waals surface area (Å²) in [4.78, 5) is 16.2. The topological polar surface area (TPSA) is 82.8 Å². The molecule has 44 heavy (non-hydrogen) atoms. The lowest BCUT2D eigenvalue weighted by Crippen LogP contribution is -2.31. The van der Waals surface area contributed by atoms with Gasteiger partial charge in [0, 0.05) is 34.7 Å². The first-order valence-corrected chi connectivity index (χ1v) is 14.3. The number of hydrogen-bond acceptors (Lipinski definition) is 5. The van der Waals surface area contributed by atoms with E-state index in [-0.39, 0.29) is 57.7 Å². The first-order valence-electron chi connectivity index (χ1n) is 13.9. The van der Waals surface area contributed by atoms with Crippen LogP contribution in [0.4, 0.5) is 13.2 Å². The van der Waals surface area contributed by atoms with Gasteiger partial charge in [0.25, 0.3) is 0 Å². The highest BCUT2D eigenvalue weighted by atomic mass is 35.5. The Morgan fingerprint density at radius 2 is 1.84 bits per heavy atom. The molecular weight excluding hydrogens is 597 g/mol. The molecule has 2 aliphatic rings. The number of rotatable bonds is 7. The minimum absolute atomic E-state index is 0.0195. The summed E-state index contributed by atoms with van der Waals surface area (Å²) in [7, 11) is 0. The number of hydrogen-bond donors (Lipinski definition) is 1. The Labute approximate surface area is 254 Å². The van der Waals surface area contributed by atoms with Crippen LogP contribution in [0, 0.1) is 17.5 Å². The van der Waals surface area contributed by atoms with Crippen molar-refractivity contribution in [3.8, 4) is 22.6 Å². The number of halogens is 4. The molecule has 1 N–H and O–H groups in total. The van der Waals surface area contributed by atoms with Crippen LogP contribution >= 0.6 is 11.6 Å². The third kappa shape index (κ3) is 5.14. The maximum atomic E-state index is 15.8. The molecular formula is C33H24ClF3N2O5. The van der Waals surface area contributed by atoms with Crippen LogP contribution in [-0.4, -0.2) is 39.9 Å². The fourth-order valence-electron chi connectivity index (χ4n) is 5.60. The van der Waals surface area contributed by atoms with Gasteiger partial charge in [-0.25, -0.2) is 22.9 Å². The molecule has 1 saturated heterocycles. The number of fused-ring (bicyclic) bond motifs is 2. The van der Waals surface area contributed by atoms with Gasteiger partial charge in [0.15, 0.2) is 17.6 Å². The maximum Gasteiger partial charge on any atom is 0.335 e. The number of aromatic nitrogens is 2. The van der Waals surface area contributed by atoms with Gasteiger partial charge in [-0.1, -0.05) is 29.8 Å². The molecule has 2 atom stereocenters. The second kappa shape index (κ2) is 11.2. The van der Waals surface area contributed by atoms with Gasteiger partial charge in [-0.05, 0) is 60.5 Å². The van der Waals surface area contributed by atoms with Crippen LogP contribution in [0.3, 0.4) is 0 Å². The number of carbonyl (C=O) groups is 1. The van der Waals surface area contributed by atoms with Crippen molar-refractivity contribution in [2.24, 2.45) is 0 Å². The van der Waals surface area contributed by atoms with Crippen LogP contribution in [0.1, 0.15) is 39.8 Å². The third-order valence-electron chi connectivity index (χ3n) is 7.97. The normalized spacial score (nSPS) is 17.5. The first-order chi connectivity index (χ1) is 21.2. The second-order valence-corrected chi connectivity index (χ2v) is 11.2. The highest BCUT2D eigenvalue weighted by molar-refractivity contribution is 6.30. The van der Waals surface area contributed by atoms with Gasteiger partial charge in [0.1, 0.15) is 29.9 Å². The van der Waals surface area contributed by atoms with Crippen LogP contribution in [0.15, 0.2) is 66.7 Å². The van der Waals surface area contributed by atoms with E-state index in [1.165, 1.54) is 30.3 Å². The van der Waals surface area contributed by atoms with Crippen LogP contribution in [0.25, 0.3) is 22.2 Å². The average molecular weight is 621 g/mol. The Kier molecular flexibility index (Phi) is 7.18. The van der Waals surface area contributed by atoms with Crippen LogP contribution in [-0.2, 0) is 17.7 Å². The molecule has 5 aromatic rings. The van der Waals surface area contributed by atoms with E-state index in [9.17, 15) is 14.3 Å². The first kappa shape index (κ1) is 28.2. The number of aromatic carboxylic acids is 1. The Morgan fingerprint density at radius 1 is 1.00 bits per heavy atom. The third-order valence-corrected chi connectivity index (χ3v) is 8.20. The highest BCUT2D eigenvalue weighted by Gasteiger charge is 2.29. The fourth-order valence-corrected chi connectivity index (χ4v) is 5.76. The number of carboxylic acid groups (broad SMARTS) is 1. The second-order valence-electron chi connectivity index (χ2n) is 10.7. The Morgan fingerprint density at radius 3 is 2.59 bits per heavy atom. The van der Waals surface area contributed by atoms with E-state index in [4.69, 9.17) is 25.8 Å². The van der Waals surface area contributed by atoms with Crippen molar-refractivity contribution in [2.75, 3.05) is 13.2 Å². The predicted octanol–water partition coefficient (Wildman–Crippen LogP) is 7.36. The minimum Gasteiger partial charge on any atom is -0.485 e. The molecule has 0 spiro atoms. The Balaban J connectivity index is 1.23. The molecule has 0 bridgehead atoms. The quantitative estimate of drug-likeness (QED) is 0.205. The Hall–Kier alpha value is -4.54. The summed E-state index contributed by atoms with van der Waals surface area (Å²) in [5.74, 6) is -2.07. The lowest BCUT2D eigenvalue weighted by Gasteiger charge is -2.29. The zero-order valence-corrected chi connectivity index (χ0v) is 23.8. The van der Waals surface area contributed by atoms with Crippen molar-refractivity contribution < 1.29 is 37.3 Å². The smallest absolute Gasteiger partial charge is 0.335 e. The van der Waals surface area contributed by atoms with Crippen molar-refractivity contribution in [2.45, 2.75) is 31.6 Å². The lowest BCUT2D eigenvalue weighted by molar-refractivity contribution is -0.0589. The van der Waals surface area contributed by atoms with E-state index in [1.54, 1.807) is 24.3 Å². The number of carboxylic acids is 1. The standard InChI is InChI=1S/C33H24ClF3N2O5/c34-19-5-6-22(26(37)13-19)30-16-43-29-3-1-2-21(32(29)44-30)23-14-24(35)18(10-25(23)36)12-31-38-27-7-4-17(33(40)41)11-28(27)39(31)15-20-8-9-42-20/h1-7,10-11,13-14,20,30H,8-9,12,15-16H2,(H,40,41)/t20-,30?/m0/s1. The van der Waals surface area contributed by atoms with E-state index >= 15 is 8.78 Å². The van der Waals surface area contributed by atoms with Crippen molar-refractivity contribution in [3.05, 3.63) is 112 Å². The highest BCUT2D eigenvalue weighted by Crippen LogP contribution is 2.45. The molecule has 11 heteroatoms. The summed E-state index contributed by atoms with van der Waals surface area (Å²) in [5, 5.41) is 9.72. The SMILES string of the molecule is O=C(O)c1ccc2nc(Cc3cc(F)c(-c4cccc5c4OC(c4ccc(Cl)cc4F)CO5)cc3F)n(C[C@@H]3CCO3)c2c1. The zero-order chi connectivity index (χ0) is 30.5. The molecule has 224 valence electrons. The van der Waals surface area contributed by atoms with Gasteiger partial charge >= 0.3 is 5.97 Å². The van der Waals surface area contributed by atoms with Crippen LogP contribution in [0.2, 0.25) is 5.02 Å². The zero-order valence-electron chi connectivity index (χ0n) is 23.0. The Bertz CT molecular complexity index is 1940. The molecule has 7 nitrogen and oxygen atoms in total. The van der Waals surface area contributed by atoms with E-state index in [0.29, 0.717) is 35.8 Å². The molecule has 0 radical (unpaired) electrons. The average Bonchev–Trinajstić information content (AvgIpc) is 3.32. The summed E-state index contributed by atoms with van der Waals surface area (Å²) >= 11 is 5.89. The van der Waals surface area contributed by atoms with E-state index in [2.05, 4.69) is 4.98 Å². The number of para-hydroxylation sites is 1. The van der Waals surface area contributed by atoms with Gasteiger partial charge in [-0.3, -0.25) is 0 Å². The molecule has 1 aromatic heterocycles. The van der Waals surface area contributed by atoms with Gasteiger partial charge in [0.05, 0.1) is 29.2 Å². The summed E-state index contributed by atoms with van der Waals surface area (Å²) < 4.78 is 65.5. The number of nitrogens with zero attached hydrogens (tertiary/aromatic N) is 2. The maximum absolute atomic E-state index is 15.8. The van der Waals surface area contributed by atoms with Crippen molar-refractivity contribution in [1.82, 2.24) is 9.55 Å². The van der Waals surface area contributed by atoms with Crippen LogP contribution < -0.4 is 9.47 Å². The van der Waals surface area contributed by atoms with Gasteiger partial charge in [0.2, 0.25) is 0 Å². The minimum atomic E-state index is -1.08. The summed E-state index contributed by atoms with van der Waals surface area (Å²) in [6.07, 6.45) is -0.131. The summed E-state index contributed by atoms with van der Waals surface area (Å²) in [6, 6.07) is 15.9. The molecule has 4 aromatic carbocycles. The largest absolute Gasteiger partial charge is 0.485 e. The van der Waals surface area contributed by atoms with E-state index in [1.807, 2.05) is 4.57 Å². The summed E-state index contributed by atoms with van der Waals surface area (Å²) in [6.45, 7) is 1.05. The number of imidazole rings is 1. The van der Waals surface area contributed by atoms with Crippen molar-refractivity contribution in [1.29, 1.82) is 0 Å². The molecule has 0 aliphatic carbocycles.